The zero-order chi connectivity index (χ0) is 27.5. The van der Waals surface area contributed by atoms with Crippen LogP contribution in [-0.4, -0.2) is 47.0 Å². The van der Waals surface area contributed by atoms with Gasteiger partial charge < -0.3 is 15.0 Å². The number of benzene rings is 2. The van der Waals surface area contributed by atoms with E-state index in [1.165, 1.54) is 17.0 Å². The minimum Gasteiger partial charge on any atom is -0.406 e. The maximum atomic E-state index is 12.9. The van der Waals surface area contributed by atoms with Crippen LogP contribution in [0.1, 0.15) is 63.9 Å². The van der Waals surface area contributed by atoms with E-state index in [9.17, 15) is 32.3 Å². The molecule has 6 rings (SSSR count). The van der Waals surface area contributed by atoms with Gasteiger partial charge in [0.1, 0.15) is 11.8 Å². The fraction of sp³-hybridized carbons (Fsp3) is 0.357. The number of alkyl halides is 3. The van der Waals surface area contributed by atoms with Gasteiger partial charge in [0.25, 0.3) is 11.8 Å². The Morgan fingerprint density at radius 1 is 1.08 bits per heavy atom. The topological polar surface area (TPSA) is 105 Å². The first-order chi connectivity index (χ1) is 18.5. The second kappa shape index (κ2) is 8.96. The number of allylic oxidation sites excluding steroid dienone is 2. The lowest BCUT2D eigenvalue weighted by molar-refractivity contribution is -0.274. The lowest BCUT2D eigenvalue weighted by Crippen LogP contribution is -2.52. The van der Waals surface area contributed by atoms with Crippen molar-refractivity contribution in [2.24, 2.45) is 5.41 Å². The van der Waals surface area contributed by atoms with Crippen molar-refractivity contribution in [1.29, 1.82) is 0 Å². The summed E-state index contributed by atoms with van der Waals surface area (Å²) in [7, 11) is 0. The Bertz CT molecular complexity index is 1430. The molecule has 0 aromatic heterocycles. The maximum absolute atomic E-state index is 12.9. The van der Waals surface area contributed by atoms with E-state index in [2.05, 4.69) is 21.4 Å². The highest BCUT2D eigenvalue weighted by Crippen LogP contribution is 2.56. The van der Waals surface area contributed by atoms with Gasteiger partial charge in [0, 0.05) is 30.1 Å². The Labute approximate surface area is 221 Å². The Hall–Kier alpha value is -4.15. The number of piperidine rings is 1. The molecule has 39 heavy (non-hydrogen) atoms. The van der Waals surface area contributed by atoms with Gasteiger partial charge in [-0.3, -0.25) is 24.5 Å². The highest BCUT2D eigenvalue weighted by Gasteiger charge is 2.48. The Morgan fingerprint density at radius 3 is 2.46 bits per heavy atom. The molecule has 1 spiro atoms. The van der Waals surface area contributed by atoms with Gasteiger partial charge in [-0.15, -0.1) is 13.2 Å². The third-order valence-corrected chi connectivity index (χ3v) is 7.91. The molecular formula is C28H24F3N3O5. The summed E-state index contributed by atoms with van der Waals surface area (Å²) in [6, 6.07) is 9.98. The smallest absolute Gasteiger partial charge is 0.406 e. The summed E-state index contributed by atoms with van der Waals surface area (Å²) in [5, 5.41) is 5.31. The summed E-state index contributed by atoms with van der Waals surface area (Å²) in [6.45, 7) is 0.199. The van der Waals surface area contributed by atoms with E-state index in [-0.39, 0.29) is 54.3 Å². The molecule has 2 heterocycles. The number of nitrogens with one attached hydrogen (secondary N) is 2. The van der Waals surface area contributed by atoms with Crippen LogP contribution in [-0.2, 0) is 16.1 Å². The summed E-state index contributed by atoms with van der Waals surface area (Å²) in [5.41, 5.74) is 3.44. The van der Waals surface area contributed by atoms with E-state index < -0.39 is 18.3 Å². The van der Waals surface area contributed by atoms with Crippen LogP contribution < -0.4 is 15.4 Å². The quantitative estimate of drug-likeness (QED) is 0.564. The molecule has 1 unspecified atom stereocenters. The van der Waals surface area contributed by atoms with Crippen LogP contribution in [0.15, 0.2) is 48.5 Å². The predicted molar refractivity (Wildman–Crippen MR) is 131 cm³/mol. The molecule has 2 aromatic carbocycles. The lowest BCUT2D eigenvalue weighted by Gasteiger charge is -2.52. The van der Waals surface area contributed by atoms with Crippen molar-refractivity contribution < 1.29 is 37.1 Å². The monoisotopic (exact) mass is 539 g/mol. The minimum absolute atomic E-state index is 0.00674. The predicted octanol–water partition coefficient (Wildman–Crippen LogP) is 3.71. The molecule has 1 saturated heterocycles. The van der Waals surface area contributed by atoms with E-state index in [4.69, 9.17) is 0 Å². The molecule has 11 heteroatoms. The van der Waals surface area contributed by atoms with Gasteiger partial charge >= 0.3 is 6.36 Å². The fourth-order valence-corrected chi connectivity index (χ4v) is 6.05. The second-order valence-corrected chi connectivity index (χ2v) is 10.6. The highest BCUT2D eigenvalue weighted by molar-refractivity contribution is 6.06. The first kappa shape index (κ1) is 25.1. The minimum atomic E-state index is -4.72. The molecule has 2 aliphatic carbocycles. The van der Waals surface area contributed by atoms with Crippen LogP contribution in [0.4, 0.5) is 13.2 Å². The molecule has 2 fully saturated rings. The molecule has 0 radical (unpaired) electrons. The van der Waals surface area contributed by atoms with Crippen LogP contribution >= 0.6 is 0 Å². The fourth-order valence-electron chi connectivity index (χ4n) is 6.05. The van der Waals surface area contributed by atoms with E-state index in [1.807, 2.05) is 0 Å². The Morgan fingerprint density at radius 2 is 1.79 bits per heavy atom. The number of halogens is 3. The molecule has 1 atom stereocenters. The largest absolute Gasteiger partial charge is 0.573 e. The summed E-state index contributed by atoms with van der Waals surface area (Å²) < 4.78 is 41.0. The summed E-state index contributed by atoms with van der Waals surface area (Å²) >= 11 is 0. The number of hydrogen-bond acceptors (Lipinski definition) is 5. The Balaban J connectivity index is 1.03. The first-order valence-corrected chi connectivity index (χ1v) is 12.6. The van der Waals surface area contributed by atoms with Gasteiger partial charge in [-0.1, -0.05) is 18.2 Å². The van der Waals surface area contributed by atoms with E-state index >= 15 is 0 Å². The molecule has 8 nitrogen and oxygen atoms in total. The number of amides is 4. The average Bonchev–Trinajstić information content (AvgIpc) is 3.15. The molecule has 4 aliphatic rings. The zero-order valence-electron chi connectivity index (χ0n) is 20.6. The summed E-state index contributed by atoms with van der Waals surface area (Å²) in [4.78, 5) is 50.9. The number of ether oxygens (including phenoxy) is 1. The van der Waals surface area contributed by atoms with Gasteiger partial charge in [-0.2, -0.15) is 0 Å². The molecule has 202 valence electrons. The first-order valence-electron chi connectivity index (χ1n) is 12.6. The van der Waals surface area contributed by atoms with Gasteiger partial charge in [0.15, 0.2) is 0 Å². The molecule has 4 amide bonds. The second-order valence-electron chi connectivity index (χ2n) is 10.6. The molecule has 2 N–H and O–H groups in total. The van der Waals surface area contributed by atoms with Crippen LogP contribution in [0.3, 0.4) is 0 Å². The highest BCUT2D eigenvalue weighted by atomic mass is 19.4. The molecule has 1 saturated carbocycles. The standard InChI is InChI=1S/C28H24F3N3O5/c29-28(30,31)39-20-4-1-15(2-5-20)18-10-27(11-18)12-19(13-27)32-24(36)16-3-6-21-17(9-16)14-34(26(21)38)22-7-8-23(35)33-25(22)37/h1-6,9-10,19,22H,7-8,11-14H2,(H,32,36)(H,33,35,37). The number of hydrogen-bond donors (Lipinski definition) is 2. The van der Waals surface area contributed by atoms with Crippen LogP contribution in [0, 0.1) is 5.41 Å². The number of rotatable bonds is 5. The molecule has 2 aromatic rings. The van der Waals surface area contributed by atoms with Crippen molar-refractivity contribution in [2.45, 2.75) is 57.1 Å². The van der Waals surface area contributed by atoms with Gasteiger partial charge in [0.05, 0.1) is 0 Å². The van der Waals surface area contributed by atoms with Crippen molar-refractivity contribution in [3.63, 3.8) is 0 Å². The number of carbonyl (C=O) groups is 4. The summed E-state index contributed by atoms with van der Waals surface area (Å²) in [5.74, 6) is -1.62. The van der Waals surface area contributed by atoms with Gasteiger partial charge in [-0.25, -0.2) is 0 Å². The van der Waals surface area contributed by atoms with Crippen LogP contribution in [0.25, 0.3) is 5.57 Å². The number of fused-ring (bicyclic) bond motifs is 1. The van der Waals surface area contributed by atoms with Crippen LogP contribution in [0.5, 0.6) is 5.75 Å². The number of nitrogens with zero attached hydrogens (tertiary/aromatic N) is 1. The zero-order valence-corrected chi connectivity index (χ0v) is 20.6. The van der Waals surface area contributed by atoms with Gasteiger partial charge in [0.2, 0.25) is 11.8 Å². The van der Waals surface area contributed by atoms with Crippen molar-refractivity contribution >= 4 is 29.2 Å². The van der Waals surface area contributed by atoms with Gasteiger partial charge in [-0.05, 0) is 78.1 Å². The van der Waals surface area contributed by atoms with Crippen molar-refractivity contribution in [1.82, 2.24) is 15.5 Å². The molecule has 0 bridgehead atoms. The van der Waals surface area contributed by atoms with Crippen molar-refractivity contribution in [2.75, 3.05) is 0 Å². The SMILES string of the molecule is O=C1CCC(N2Cc3cc(C(=O)NC4CC5(C=C(c6ccc(OC(F)(F)F)cc6)C5)C4)ccc3C2=O)C(=O)N1. The summed E-state index contributed by atoms with van der Waals surface area (Å²) in [6.07, 6.45) is 0.173. The number of carbonyl (C=O) groups excluding carboxylic acids is 4. The van der Waals surface area contributed by atoms with Crippen LogP contribution in [0.2, 0.25) is 0 Å². The molecular weight excluding hydrogens is 515 g/mol. The lowest BCUT2D eigenvalue weighted by atomic mass is 9.55. The van der Waals surface area contributed by atoms with Crippen molar-refractivity contribution in [3.05, 3.63) is 70.8 Å². The molecule has 2 aliphatic heterocycles. The normalized spacial score (nSPS) is 25.9. The Kier molecular flexibility index (Phi) is 5.78. The third kappa shape index (κ3) is 4.77. The van der Waals surface area contributed by atoms with E-state index in [1.54, 1.807) is 30.3 Å². The third-order valence-electron chi connectivity index (χ3n) is 7.91. The van der Waals surface area contributed by atoms with E-state index in [0.29, 0.717) is 16.7 Å². The van der Waals surface area contributed by atoms with Crippen molar-refractivity contribution in [3.8, 4) is 5.75 Å². The average molecular weight is 540 g/mol. The maximum Gasteiger partial charge on any atom is 0.573 e. The number of imide groups is 1. The van der Waals surface area contributed by atoms with E-state index in [0.717, 1.165) is 30.4 Å².